The highest BCUT2D eigenvalue weighted by Crippen LogP contribution is 2.29. The molecule has 3 aromatic heterocycles. The van der Waals surface area contributed by atoms with Crippen LogP contribution in [0, 0.1) is 0 Å². The summed E-state index contributed by atoms with van der Waals surface area (Å²) >= 11 is 0. The molecule has 1 fully saturated rings. The monoisotopic (exact) mass is 339 g/mol. The van der Waals surface area contributed by atoms with E-state index in [0.717, 1.165) is 31.4 Å². The van der Waals surface area contributed by atoms with Crippen molar-refractivity contribution in [1.29, 1.82) is 0 Å². The van der Waals surface area contributed by atoms with Crippen LogP contribution in [0.1, 0.15) is 41.8 Å². The number of aromatic nitrogens is 2. The van der Waals surface area contributed by atoms with Crippen LogP contribution in [-0.4, -0.2) is 33.6 Å². The first-order chi connectivity index (χ1) is 12.3. The van der Waals surface area contributed by atoms with Gasteiger partial charge in [-0.2, -0.15) is 5.10 Å². The van der Waals surface area contributed by atoms with Crippen molar-refractivity contribution >= 4 is 11.4 Å². The van der Waals surface area contributed by atoms with Crippen molar-refractivity contribution in [3.63, 3.8) is 0 Å². The van der Waals surface area contributed by atoms with Crippen LogP contribution < -0.4 is 4.74 Å². The van der Waals surface area contributed by atoms with Gasteiger partial charge in [0.1, 0.15) is 17.0 Å². The number of carbonyl (C=O) groups is 1. The molecule has 1 aliphatic rings. The van der Waals surface area contributed by atoms with Crippen molar-refractivity contribution in [1.82, 2.24) is 14.5 Å². The summed E-state index contributed by atoms with van der Waals surface area (Å²) in [5.41, 5.74) is 1.27. The number of pyridine rings is 1. The van der Waals surface area contributed by atoms with E-state index in [1.807, 2.05) is 35.4 Å². The summed E-state index contributed by atoms with van der Waals surface area (Å²) in [4.78, 5) is 15.3. The maximum Gasteiger partial charge on any atom is 0.258 e. The first-order valence-electron chi connectivity index (χ1n) is 8.61. The Morgan fingerprint density at radius 1 is 1.36 bits per heavy atom. The largest absolute Gasteiger partial charge is 0.494 e. The van der Waals surface area contributed by atoms with Crippen molar-refractivity contribution in [2.75, 3.05) is 7.11 Å². The molecule has 0 saturated heterocycles. The van der Waals surface area contributed by atoms with Crippen LogP contribution in [0.5, 0.6) is 5.75 Å². The minimum atomic E-state index is -0.0252. The molecule has 0 aromatic carbocycles. The van der Waals surface area contributed by atoms with Crippen molar-refractivity contribution in [2.45, 2.75) is 38.3 Å². The Bertz CT molecular complexity index is 863. The Hall–Kier alpha value is -2.76. The Morgan fingerprint density at radius 3 is 2.92 bits per heavy atom. The van der Waals surface area contributed by atoms with Crippen LogP contribution >= 0.6 is 0 Å². The second kappa shape index (κ2) is 6.63. The molecule has 4 rings (SSSR count). The number of hydrogen-bond donors (Lipinski definition) is 0. The summed E-state index contributed by atoms with van der Waals surface area (Å²) in [5.74, 6) is 1.42. The summed E-state index contributed by atoms with van der Waals surface area (Å²) < 4.78 is 12.6. The molecule has 0 radical (unpaired) electrons. The number of amides is 1. The van der Waals surface area contributed by atoms with Crippen LogP contribution in [0.25, 0.3) is 5.52 Å². The molecular formula is C19H21N3O3. The van der Waals surface area contributed by atoms with Gasteiger partial charge in [0.2, 0.25) is 0 Å². The second-order valence-corrected chi connectivity index (χ2v) is 6.38. The fraction of sp³-hybridized carbons (Fsp3) is 0.368. The van der Waals surface area contributed by atoms with Crippen LogP contribution in [-0.2, 0) is 6.54 Å². The van der Waals surface area contributed by atoms with Gasteiger partial charge in [0.25, 0.3) is 5.91 Å². The molecule has 0 bridgehead atoms. The third-order valence-corrected chi connectivity index (χ3v) is 4.89. The summed E-state index contributed by atoms with van der Waals surface area (Å²) in [7, 11) is 1.61. The number of fused-ring (bicyclic) bond motifs is 1. The lowest BCUT2D eigenvalue weighted by atomic mass is 10.1. The standard InChI is InChI=1S/C19H21N3O3/c1-24-17-9-4-10-22-18(17)16(12-20-22)19(23)21(14-6-2-3-7-14)13-15-8-5-11-25-15/h4-5,8-12,14H,2-3,6-7,13H2,1H3. The molecule has 0 spiro atoms. The average Bonchev–Trinajstić information content (AvgIpc) is 3.39. The van der Waals surface area contributed by atoms with Crippen LogP contribution in [0.2, 0.25) is 0 Å². The molecular weight excluding hydrogens is 318 g/mol. The SMILES string of the molecule is COc1cccn2ncc(C(=O)N(Cc3ccco3)C3CCCC3)c12. The number of carbonyl (C=O) groups excluding carboxylic acids is 1. The van der Waals surface area contributed by atoms with Gasteiger partial charge in [0, 0.05) is 12.2 Å². The number of rotatable bonds is 5. The molecule has 6 heteroatoms. The maximum atomic E-state index is 13.4. The minimum Gasteiger partial charge on any atom is -0.494 e. The summed E-state index contributed by atoms with van der Waals surface area (Å²) in [6.07, 6.45) is 9.47. The molecule has 0 aliphatic heterocycles. The maximum absolute atomic E-state index is 13.4. The summed E-state index contributed by atoms with van der Waals surface area (Å²) in [6.45, 7) is 0.475. The van der Waals surface area contributed by atoms with Gasteiger partial charge >= 0.3 is 0 Å². The molecule has 3 aromatic rings. The number of hydrogen-bond acceptors (Lipinski definition) is 4. The summed E-state index contributed by atoms with van der Waals surface area (Å²) in [5, 5.41) is 4.32. The zero-order valence-corrected chi connectivity index (χ0v) is 14.2. The van der Waals surface area contributed by atoms with E-state index in [1.54, 1.807) is 24.1 Å². The summed E-state index contributed by atoms with van der Waals surface area (Å²) in [6, 6.07) is 7.70. The van der Waals surface area contributed by atoms with Gasteiger partial charge in [-0.25, -0.2) is 4.52 Å². The second-order valence-electron chi connectivity index (χ2n) is 6.38. The lowest BCUT2D eigenvalue weighted by Gasteiger charge is -2.28. The van der Waals surface area contributed by atoms with E-state index in [1.165, 1.54) is 0 Å². The molecule has 130 valence electrons. The van der Waals surface area contributed by atoms with Crippen molar-refractivity contribution in [3.8, 4) is 5.75 Å². The van der Waals surface area contributed by atoms with Gasteiger partial charge in [0.05, 0.1) is 31.7 Å². The number of nitrogens with zero attached hydrogens (tertiary/aromatic N) is 3. The van der Waals surface area contributed by atoms with E-state index >= 15 is 0 Å². The molecule has 3 heterocycles. The fourth-order valence-electron chi connectivity index (χ4n) is 3.64. The van der Waals surface area contributed by atoms with E-state index in [9.17, 15) is 4.79 Å². The fourth-order valence-corrected chi connectivity index (χ4v) is 3.64. The molecule has 0 atom stereocenters. The molecule has 0 N–H and O–H groups in total. The molecule has 25 heavy (non-hydrogen) atoms. The number of ether oxygens (including phenoxy) is 1. The topological polar surface area (TPSA) is 60.0 Å². The third kappa shape index (κ3) is 2.88. The van der Waals surface area contributed by atoms with Crippen molar-refractivity contribution < 1.29 is 13.9 Å². The normalized spacial score (nSPS) is 14.9. The van der Waals surface area contributed by atoms with Gasteiger partial charge in [-0.05, 0) is 37.1 Å². The van der Waals surface area contributed by atoms with Gasteiger partial charge in [-0.15, -0.1) is 0 Å². The molecule has 0 unspecified atom stereocenters. The van der Waals surface area contributed by atoms with Crippen molar-refractivity contribution in [3.05, 3.63) is 54.2 Å². The Balaban J connectivity index is 1.73. The van der Waals surface area contributed by atoms with E-state index in [-0.39, 0.29) is 11.9 Å². The van der Waals surface area contributed by atoms with E-state index in [4.69, 9.17) is 9.15 Å². The lowest BCUT2D eigenvalue weighted by Crippen LogP contribution is -2.38. The molecule has 1 aliphatic carbocycles. The number of furan rings is 1. The van der Waals surface area contributed by atoms with E-state index in [0.29, 0.717) is 23.4 Å². The zero-order valence-electron chi connectivity index (χ0n) is 14.2. The Kier molecular flexibility index (Phi) is 4.17. The van der Waals surface area contributed by atoms with Gasteiger partial charge < -0.3 is 14.1 Å². The highest BCUT2D eigenvalue weighted by molar-refractivity contribution is 6.02. The Morgan fingerprint density at radius 2 is 2.20 bits per heavy atom. The van der Waals surface area contributed by atoms with Crippen molar-refractivity contribution in [2.24, 2.45) is 0 Å². The lowest BCUT2D eigenvalue weighted by molar-refractivity contribution is 0.0651. The van der Waals surface area contributed by atoms with E-state index < -0.39 is 0 Å². The zero-order chi connectivity index (χ0) is 17.2. The molecule has 6 nitrogen and oxygen atoms in total. The first-order valence-corrected chi connectivity index (χ1v) is 8.61. The predicted octanol–water partition coefficient (Wildman–Crippen LogP) is 3.52. The molecule has 1 amide bonds. The highest BCUT2D eigenvalue weighted by Gasteiger charge is 2.30. The smallest absolute Gasteiger partial charge is 0.258 e. The Labute approximate surface area is 146 Å². The van der Waals surface area contributed by atoms with E-state index in [2.05, 4.69) is 5.10 Å². The van der Waals surface area contributed by atoms with Crippen LogP contribution in [0.15, 0.2) is 47.3 Å². The minimum absolute atomic E-state index is 0.0252. The van der Waals surface area contributed by atoms with Gasteiger partial charge in [-0.3, -0.25) is 4.79 Å². The van der Waals surface area contributed by atoms with Crippen LogP contribution in [0.3, 0.4) is 0 Å². The molecule has 1 saturated carbocycles. The van der Waals surface area contributed by atoms with Gasteiger partial charge in [-0.1, -0.05) is 12.8 Å². The average molecular weight is 339 g/mol. The first kappa shape index (κ1) is 15.7. The predicted molar refractivity (Wildman–Crippen MR) is 92.6 cm³/mol. The van der Waals surface area contributed by atoms with Crippen LogP contribution in [0.4, 0.5) is 0 Å². The quantitative estimate of drug-likeness (QED) is 0.713. The number of methoxy groups -OCH3 is 1. The van der Waals surface area contributed by atoms with Gasteiger partial charge in [0.15, 0.2) is 0 Å². The third-order valence-electron chi connectivity index (χ3n) is 4.89. The highest BCUT2D eigenvalue weighted by atomic mass is 16.5.